The number of fused-ring (bicyclic) bond motifs is 1. The molecule has 0 fully saturated rings. The molecule has 1 aromatic carbocycles. The number of halogens is 1. The molecule has 0 radical (unpaired) electrons. The monoisotopic (exact) mass is 224 g/mol. The fraction of sp³-hybridized carbons (Fsp3) is 0. The van der Waals surface area contributed by atoms with Gasteiger partial charge in [-0.2, -0.15) is 0 Å². The lowest BCUT2D eigenvalue weighted by Crippen LogP contribution is -2.32. The van der Waals surface area contributed by atoms with Crippen LogP contribution in [0.5, 0.6) is 0 Å². The average molecular weight is 225 g/mol. The van der Waals surface area contributed by atoms with Crippen molar-refractivity contribution in [1.29, 1.82) is 0 Å². The highest BCUT2D eigenvalue weighted by molar-refractivity contribution is 6.31. The van der Waals surface area contributed by atoms with E-state index in [2.05, 4.69) is 5.10 Å². The zero-order chi connectivity index (χ0) is 11.0. The molecule has 0 saturated carbocycles. The van der Waals surface area contributed by atoms with E-state index in [4.69, 9.17) is 16.7 Å². The molecule has 0 saturated heterocycles. The summed E-state index contributed by atoms with van der Waals surface area (Å²) >= 11 is 5.70. The van der Waals surface area contributed by atoms with E-state index in [9.17, 15) is 10.0 Å². The van der Waals surface area contributed by atoms with Crippen molar-refractivity contribution in [2.45, 2.75) is 0 Å². The molecule has 1 N–H and O–H groups in total. The Morgan fingerprint density at radius 2 is 2.27 bits per heavy atom. The SMILES string of the molecule is O=C(O)c1cn[n+]([O-])c2cc(Cl)ccc12. The number of carboxylic acids is 1. The van der Waals surface area contributed by atoms with Gasteiger partial charge in [-0.25, -0.2) is 4.79 Å². The number of benzene rings is 1. The first kappa shape index (κ1) is 9.67. The van der Waals surface area contributed by atoms with Crippen molar-refractivity contribution in [2.75, 3.05) is 0 Å². The normalized spacial score (nSPS) is 10.5. The molecule has 0 unspecified atom stereocenters. The molecule has 0 atom stereocenters. The van der Waals surface area contributed by atoms with E-state index in [0.717, 1.165) is 6.20 Å². The van der Waals surface area contributed by atoms with Crippen LogP contribution in [0.2, 0.25) is 5.02 Å². The van der Waals surface area contributed by atoms with E-state index in [-0.39, 0.29) is 11.1 Å². The van der Waals surface area contributed by atoms with Gasteiger partial charge in [0.15, 0.2) is 0 Å². The Labute approximate surface area is 89.1 Å². The second-order valence-electron chi connectivity index (χ2n) is 2.90. The van der Waals surface area contributed by atoms with Gasteiger partial charge in [0.05, 0.1) is 10.9 Å². The van der Waals surface area contributed by atoms with Crippen molar-refractivity contribution in [3.05, 3.63) is 40.2 Å². The Morgan fingerprint density at radius 1 is 1.53 bits per heavy atom. The van der Waals surface area contributed by atoms with E-state index < -0.39 is 5.97 Å². The summed E-state index contributed by atoms with van der Waals surface area (Å²) in [6.45, 7) is 0. The Kier molecular flexibility index (Phi) is 2.17. The second kappa shape index (κ2) is 3.36. The standard InChI is InChI=1S/C9H5ClN2O3/c10-5-1-2-6-7(9(13)14)4-11-12(15)8(6)3-5/h1-4H,(H,13,14). The van der Waals surface area contributed by atoms with E-state index in [0.29, 0.717) is 15.3 Å². The molecule has 2 aromatic rings. The van der Waals surface area contributed by atoms with Crippen LogP contribution in [0.4, 0.5) is 0 Å². The molecule has 5 nitrogen and oxygen atoms in total. The van der Waals surface area contributed by atoms with Gasteiger partial charge < -0.3 is 10.3 Å². The Bertz CT molecular complexity index is 556. The number of rotatable bonds is 1. The molecule has 76 valence electrons. The molecular formula is C9H5ClN2O3. The van der Waals surface area contributed by atoms with E-state index in [1.54, 1.807) is 0 Å². The van der Waals surface area contributed by atoms with Crippen molar-refractivity contribution in [3.63, 3.8) is 0 Å². The maximum Gasteiger partial charge on any atom is 0.338 e. The summed E-state index contributed by atoms with van der Waals surface area (Å²) in [7, 11) is 0. The number of aromatic carboxylic acids is 1. The molecule has 1 heterocycles. The fourth-order valence-corrected chi connectivity index (χ4v) is 1.47. The lowest BCUT2D eigenvalue weighted by Gasteiger charge is -2.01. The Balaban J connectivity index is 2.88. The first-order chi connectivity index (χ1) is 7.09. The average Bonchev–Trinajstić information content (AvgIpc) is 2.19. The lowest BCUT2D eigenvalue weighted by atomic mass is 10.1. The van der Waals surface area contributed by atoms with Crippen LogP contribution in [0, 0.1) is 5.21 Å². The Hall–Kier alpha value is -1.88. The van der Waals surface area contributed by atoms with E-state index >= 15 is 0 Å². The zero-order valence-corrected chi connectivity index (χ0v) is 8.10. The maximum atomic E-state index is 11.3. The third-order valence-electron chi connectivity index (χ3n) is 1.98. The summed E-state index contributed by atoms with van der Waals surface area (Å²) in [6, 6.07) is 4.39. The summed E-state index contributed by atoms with van der Waals surface area (Å²) in [6.07, 6.45) is 1.02. The van der Waals surface area contributed by atoms with Crippen molar-refractivity contribution in [2.24, 2.45) is 0 Å². The molecule has 0 bridgehead atoms. The molecule has 0 aliphatic rings. The van der Waals surface area contributed by atoms with Crippen LogP contribution in [0.25, 0.3) is 10.9 Å². The minimum absolute atomic E-state index is 0.0197. The van der Waals surface area contributed by atoms with Gasteiger partial charge in [-0.15, -0.1) is 0 Å². The van der Waals surface area contributed by atoms with Crippen LogP contribution in [-0.4, -0.2) is 16.2 Å². The molecule has 0 amide bonds. The van der Waals surface area contributed by atoms with Gasteiger partial charge in [0.2, 0.25) is 0 Å². The van der Waals surface area contributed by atoms with Gasteiger partial charge in [0.25, 0.3) is 5.52 Å². The van der Waals surface area contributed by atoms with Crippen molar-refractivity contribution in [1.82, 2.24) is 5.10 Å². The minimum Gasteiger partial charge on any atom is -0.594 e. The third-order valence-corrected chi connectivity index (χ3v) is 2.21. The third kappa shape index (κ3) is 1.57. The predicted molar refractivity (Wildman–Crippen MR) is 52.7 cm³/mol. The van der Waals surface area contributed by atoms with Crippen molar-refractivity contribution < 1.29 is 14.7 Å². The first-order valence-corrected chi connectivity index (χ1v) is 4.39. The summed E-state index contributed by atoms with van der Waals surface area (Å²) in [5.74, 6) is -1.13. The smallest absolute Gasteiger partial charge is 0.338 e. The predicted octanol–water partition coefficient (Wildman–Crippen LogP) is 1.22. The summed E-state index contributed by atoms with van der Waals surface area (Å²) < 4.78 is 0. The van der Waals surface area contributed by atoms with Crippen LogP contribution in [0.1, 0.15) is 10.4 Å². The quantitative estimate of drug-likeness (QED) is 0.584. The van der Waals surface area contributed by atoms with E-state index in [1.807, 2.05) is 0 Å². The van der Waals surface area contributed by atoms with Gasteiger partial charge >= 0.3 is 5.97 Å². The number of hydrogen-bond acceptors (Lipinski definition) is 3. The minimum atomic E-state index is -1.13. The van der Waals surface area contributed by atoms with Gasteiger partial charge in [-0.3, -0.25) is 0 Å². The molecule has 0 spiro atoms. The van der Waals surface area contributed by atoms with Crippen LogP contribution < -0.4 is 4.85 Å². The van der Waals surface area contributed by atoms with Gasteiger partial charge in [-0.1, -0.05) is 11.6 Å². The highest BCUT2D eigenvalue weighted by Gasteiger charge is 2.15. The highest BCUT2D eigenvalue weighted by Crippen LogP contribution is 2.18. The number of aromatic nitrogens is 2. The number of carboxylic acid groups (broad SMARTS) is 1. The van der Waals surface area contributed by atoms with Crippen LogP contribution in [0.15, 0.2) is 24.4 Å². The Morgan fingerprint density at radius 3 is 2.93 bits per heavy atom. The van der Waals surface area contributed by atoms with Gasteiger partial charge in [0.1, 0.15) is 6.20 Å². The molecule has 0 aliphatic carbocycles. The van der Waals surface area contributed by atoms with E-state index in [1.165, 1.54) is 18.2 Å². The molecule has 2 rings (SSSR count). The molecule has 0 aliphatic heterocycles. The zero-order valence-electron chi connectivity index (χ0n) is 7.35. The summed E-state index contributed by atoms with van der Waals surface area (Å²) in [5.41, 5.74) is 0.121. The second-order valence-corrected chi connectivity index (χ2v) is 3.33. The maximum absolute atomic E-state index is 11.3. The van der Waals surface area contributed by atoms with Gasteiger partial charge in [0, 0.05) is 16.2 Å². The van der Waals surface area contributed by atoms with Gasteiger partial charge in [-0.05, 0) is 17.0 Å². The summed E-state index contributed by atoms with van der Waals surface area (Å²) in [4.78, 5) is 11.2. The van der Waals surface area contributed by atoms with Crippen LogP contribution >= 0.6 is 11.6 Å². The van der Waals surface area contributed by atoms with Crippen molar-refractivity contribution in [3.8, 4) is 0 Å². The van der Waals surface area contributed by atoms with Crippen LogP contribution in [-0.2, 0) is 0 Å². The topological polar surface area (TPSA) is 77.1 Å². The summed E-state index contributed by atoms with van der Waals surface area (Å²) in [5, 5.41) is 24.2. The first-order valence-electron chi connectivity index (χ1n) is 4.01. The lowest BCUT2D eigenvalue weighted by molar-refractivity contribution is -0.642. The largest absolute Gasteiger partial charge is 0.594 e. The number of nitrogens with zero attached hydrogens (tertiary/aromatic N) is 2. The molecular weight excluding hydrogens is 220 g/mol. The number of hydrogen-bond donors (Lipinski definition) is 1. The van der Waals surface area contributed by atoms with Crippen LogP contribution in [0.3, 0.4) is 0 Å². The fourth-order valence-electron chi connectivity index (χ4n) is 1.30. The highest BCUT2D eigenvalue weighted by atomic mass is 35.5. The number of carbonyl (C=O) groups is 1. The molecule has 15 heavy (non-hydrogen) atoms. The van der Waals surface area contributed by atoms with Crippen molar-refractivity contribution >= 4 is 28.5 Å². The molecule has 6 heteroatoms. The molecule has 1 aromatic heterocycles.